The molecule has 4 amide bonds. The number of rotatable bonds is 6. The average Bonchev–Trinajstić information content (AvgIpc) is 3.25. The van der Waals surface area contributed by atoms with Gasteiger partial charge in [0.25, 0.3) is 5.91 Å². The molecule has 0 unspecified atom stereocenters. The van der Waals surface area contributed by atoms with Crippen LogP contribution in [0.4, 0.5) is 15.3 Å². The third kappa shape index (κ3) is 7.46. The van der Waals surface area contributed by atoms with E-state index in [0.717, 1.165) is 60.3 Å². The minimum Gasteiger partial charge on any atom is -0.436 e. The number of anilines is 1. The summed E-state index contributed by atoms with van der Waals surface area (Å²) in [5.74, 6) is -0.128. The SMILES string of the molecule is Cc1cc(C)c(C[C@@H](OC(=O)N2CCC(N3CCc4ccccc4NC3=O)CC2)C(=O)N2CCC(N3CCCCC3)CC2)cc1Cl. The summed E-state index contributed by atoms with van der Waals surface area (Å²) in [7, 11) is 0. The molecule has 46 heavy (non-hydrogen) atoms. The molecule has 3 saturated heterocycles. The maximum atomic E-state index is 14.0. The second kappa shape index (κ2) is 14.6. The van der Waals surface area contributed by atoms with Gasteiger partial charge in [-0.15, -0.1) is 0 Å². The average molecular weight is 650 g/mol. The number of carbonyl (C=O) groups excluding carboxylic acids is 3. The van der Waals surface area contributed by atoms with Crippen LogP contribution in [0.5, 0.6) is 0 Å². The van der Waals surface area contributed by atoms with Gasteiger partial charge in [0, 0.05) is 61.9 Å². The highest BCUT2D eigenvalue weighted by atomic mass is 35.5. The molecule has 2 aromatic rings. The van der Waals surface area contributed by atoms with Gasteiger partial charge in [0.15, 0.2) is 6.10 Å². The number of hydrogen-bond donors (Lipinski definition) is 1. The van der Waals surface area contributed by atoms with E-state index in [4.69, 9.17) is 16.3 Å². The number of benzene rings is 2. The van der Waals surface area contributed by atoms with Crippen LogP contribution in [0.2, 0.25) is 5.02 Å². The van der Waals surface area contributed by atoms with E-state index in [0.29, 0.717) is 56.6 Å². The van der Waals surface area contributed by atoms with Crippen LogP contribution in [0.15, 0.2) is 36.4 Å². The Morgan fingerprint density at radius 2 is 1.54 bits per heavy atom. The highest BCUT2D eigenvalue weighted by Crippen LogP contribution is 2.27. The number of aryl methyl sites for hydroxylation is 2. The van der Waals surface area contributed by atoms with Gasteiger partial charge in [0.05, 0.1) is 0 Å². The van der Waals surface area contributed by atoms with Crippen LogP contribution >= 0.6 is 11.6 Å². The van der Waals surface area contributed by atoms with E-state index < -0.39 is 12.2 Å². The van der Waals surface area contributed by atoms with E-state index >= 15 is 0 Å². The van der Waals surface area contributed by atoms with Gasteiger partial charge >= 0.3 is 12.1 Å². The summed E-state index contributed by atoms with van der Waals surface area (Å²) in [5, 5.41) is 3.70. The second-order valence-corrected chi connectivity index (χ2v) is 13.9. The fourth-order valence-corrected chi connectivity index (χ4v) is 7.89. The predicted octanol–water partition coefficient (Wildman–Crippen LogP) is 6.04. The van der Waals surface area contributed by atoms with Crippen molar-refractivity contribution in [2.24, 2.45) is 0 Å². The van der Waals surface area contributed by atoms with E-state index in [1.54, 1.807) is 4.90 Å². The fraction of sp³-hybridized carbons (Fsp3) is 0.583. The molecule has 0 bridgehead atoms. The van der Waals surface area contributed by atoms with Crippen molar-refractivity contribution >= 4 is 35.3 Å². The molecule has 0 spiro atoms. The minimum absolute atomic E-state index is 0.0364. The number of nitrogens with zero attached hydrogens (tertiary/aromatic N) is 4. The molecule has 4 heterocycles. The number of amides is 4. The Balaban J connectivity index is 1.09. The lowest BCUT2D eigenvalue weighted by atomic mass is 9.97. The van der Waals surface area contributed by atoms with Gasteiger partial charge < -0.3 is 29.7 Å². The van der Waals surface area contributed by atoms with Crippen molar-refractivity contribution in [3.63, 3.8) is 0 Å². The molecular formula is C36H48ClN5O4. The number of carbonyl (C=O) groups is 3. The minimum atomic E-state index is -0.927. The number of para-hydroxylation sites is 1. The third-order valence-electron chi connectivity index (χ3n) is 10.5. The highest BCUT2D eigenvalue weighted by Gasteiger charge is 2.36. The monoisotopic (exact) mass is 649 g/mol. The second-order valence-electron chi connectivity index (χ2n) is 13.5. The summed E-state index contributed by atoms with van der Waals surface area (Å²) in [4.78, 5) is 48.8. The molecule has 6 rings (SSSR count). The van der Waals surface area contributed by atoms with Gasteiger partial charge in [-0.1, -0.05) is 42.3 Å². The lowest BCUT2D eigenvalue weighted by Gasteiger charge is -2.41. The van der Waals surface area contributed by atoms with Crippen molar-refractivity contribution in [3.8, 4) is 0 Å². The predicted molar refractivity (Wildman–Crippen MR) is 180 cm³/mol. The summed E-state index contributed by atoms with van der Waals surface area (Å²) >= 11 is 6.49. The maximum Gasteiger partial charge on any atom is 0.410 e. The van der Waals surface area contributed by atoms with Crippen LogP contribution in [0.1, 0.15) is 67.2 Å². The number of halogens is 1. The van der Waals surface area contributed by atoms with Crippen molar-refractivity contribution in [1.29, 1.82) is 0 Å². The third-order valence-corrected chi connectivity index (χ3v) is 10.9. The molecule has 2 aromatic carbocycles. The summed E-state index contributed by atoms with van der Waals surface area (Å²) in [6.07, 6.45) is 6.72. The van der Waals surface area contributed by atoms with E-state index in [2.05, 4.69) is 16.3 Å². The number of hydrogen-bond acceptors (Lipinski definition) is 5. The molecule has 3 fully saturated rings. The standard InChI is InChI=1S/C36H48ClN5O4/c1-25-22-26(2)31(37)23-28(25)24-33(34(43)40-17-11-29(12-18-40)39-15-6-3-7-16-39)46-36(45)41-19-13-30(14-20-41)42-21-10-27-8-4-5-9-32(27)38-35(42)44/h4-5,8-9,22-23,29-30,33H,3,6-7,10-21,24H2,1-2H3,(H,38,44)/t33-/m1/s1. The Morgan fingerprint density at radius 1 is 0.870 bits per heavy atom. The van der Waals surface area contributed by atoms with Gasteiger partial charge in [-0.2, -0.15) is 0 Å². The van der Waals surface area contributed by atoms with Crippen molar-refractivity contribution in [1.82, 2.24) is 19.6 Å². The number of fused-ring (bicyclic) bond motifs is 1. The molecule has 9 nitrogen and oxygen atoms in total. The Labute approximate surface area is 278 Å². The topological polar surface area (TPSA) is 85.4 Å². The van der Waals surface area contributed by atoms with Crippen molar-refractivity contribution in [2.75, 3.05) is 51.1 Å². The van der Waals surface area contributed by atoms with Crippen LogP contribution in [0, 0.1) is 13.8 Å². The number of nitrogens with one attached hydrogen (secondary N) is 1. The van der Waals surface area contributed by atoms with Crippen molar-refractivity contribution in [3.05, 3.63) is 63.7 Å². The molecule has 4 aliphatic heterocycles. The summed E-state index contributed by atoms with van der Waals surface area (Å²) in [6.45, 7) is 9.21. The first-order chi connectivity index (χ1) is 22.3. The van der Waals surface area contributed by atoms with Crippen molar-refractivity contribution < 1.29 is 19.1 Å². The fourth-order valence-electron chi connectivity index (χ4n) is 7.70. The Morgan fingerprint density at radius 3 is 2.28 bits per heavy atom. The molecule has 10 heteroatoms. The van der Waals surface area contributed by atoms with E-state index in [-0.39, 0.29) is 24.4 Å². The zero-order valence-electron chi connectivity index (χ0n) is 27.3. The van der Waals surface area contributed by atoms with Crippen LogP contribution in [0.3, 0.4) is 0 Å². The largest absolute Gasteiger partial charge is 0.436 e. The highest BCUT2D eigenvalue weighted by molar-refractivity contribution is 6.31. The van der Waals surface area contributed by atoms with Crippen LogP contribution in [0.25, 0.3) is 0 Å². The summed E-state index contributed by atoms with van der Waals surface area (Å²) in [5.41, 5.74) is 4.92. The number of likely N-dealkylation sites (tertiary alicyclic amines) is 3. The Hall–Kier alpha value is -3.30. The summed E-state index contributed by atoms with van der Waals surface area (Å²) in [6, 6.07) is 12.3. The molecule has 0 aliphatic carbocycles. The molecule has 0 saturated carbocycles. The lowest BCUT2D eigenvalue weighted by Crippen LogP contribution is -2.53. The van der Waals surface area contributed by atoms with E-state index in [1.165, 1.54) is 19.3 Å². The van der Waals surface area contributed by atoms with Crippen molar-refractivity contribution in [2.45, 2.75) is 89.8 Å². The molecule has 1 N–H and O–H groups in total. The maximum absolute atomic E-state index is 14.0. The van der Waals surface area contributed by atoms with Gasteiger partial charge in [0.2, 0.25) is 0 Å². The Bertz CT molecular complexity index is 1410. The van der Waals surface area contributed by atoms with Crippen LogP contribution < -0.4 is 5.32 Å². The molecular weight excluding hydrogens is 602 g/mol. The first-order valence-corrected chi connectivity index (χ1v) is 17.5. The normalized spacial score (nSPS) is 20.9. The molecule has 248 valence electrons. The van der Waals surface area contributed by atoms with Gasteiger partial charge in [-0.3, -0.25) is 4.79 Å². The Kier molecular flexibility index (Phi) is 10.4. The first-order valence-electron chi connectivity index (χ1n) is 17.2. The molecule has 0 radical (unpaired) electrons. The number of piperidine rings is 3. The zero-order chi connectivity index (χ0) is 32.2. The molecule has 1 atom stereocenters. The van der Waals surface area contributed by atoms with Gasteiger partial charge in [-0.25, -0.2) is 9.59 Å². The van der Waals surface area contributed by atoms with Crippen LogP contribution in [-0.2, 0) is 22.4 Å². The molecule has 0 aromatic heterocycles. The van der Waals surface area contributed by atoms with E-state index in [9.17, 15) is 14.4 Å². The van der Waals surface area contributed by atoms with Gasteiger partial charge in [0.1, 0.15) is 0 Å². The molecule has 4 aliphatic rings. The first kappa shape index (κ1) is 32.6. The van der Waals surface area contributed by atoms with Gasteiger partial charge in [-0.05, 0) is 106 Å². The van der Waals surface area contributed by atoms with E-state index in [1.807, 2.05) is 54.0 Å². The summed E-state index contributed by atoms with van der Waals surface area (Å²) < 4.78 is 6.09. The lowest BCUT2D eigenvalue weighted by molar-refractivity contribution is -0.142. The van der Waals surface area contributed by atoms with Crippen LogP contribution in [-0.4, -0.2) is 102 Å². The zero-order valence-corrected chi connectivity index (χ0v) is 28.1. The number of urea groups is 1. The quantitative estimate of drug-likeness (QED) is 0.413. The number of ether oxygens (including phenoxy) is 1. The smallest absolute Gasteiger partial charge is 0.410 e.